The van der Waals surface area contributed by atoms with E-state index in [1.165, 1.54) is 18.2 Å². The molecule has 5 nitrogen and oxygen atoms in total. The Morgan fingerprint density at radius 1 is 1.08 bits per heavy atom. The van der Waals surface area contributed by atoms with Gasteiger partial charge >= 0.3 is 0 Å². The molecular weight excluding hydrogens is 416 g/mol. The summed E-state index contributed by atoms with van der Waals surface area (Å²) in [6, 6.07) is 12.7. The zero-order chi connectivity index (χ0) is 19.2. The largest absolute Gasteiger partial charge is 0.331 e. The first-order valence-corrected chi connectivity index (χ1v) is 10.0. The van der Waals surface area contributed by atoms with Gasteiger partial charge in [0.15, 0.2) is 0 Å². The van der Waals surface area contributed by atoms with E-state index in [-0.39, 0.29) is 10.8 Å². The molecule has 1 N–H and O–H groups in total. The van der Waals surface area contributed by atoms with E-state index >= 15 is 0 Å². The van der Waals surface area contributed by atoms with Gasteiger partial charge in [0, 0.05) is 28.8 Å². The minimum Gasteiger partial charge on any atom is -0.331 e. The van der Waals surface area contributed by atoms with E-state index < -0.39 is 10.0 Å². The van der Waals surface area contributed by atoms with E-state index in [1.807, 2.05) is 0 Å². The van der Waals surface area contributed by atoms with Gasteiger partial charge in [0.05, 0.1) is 4.90 Å². The van der Waals surface area contributed by atoms with Crippen LogP contribution in [0.15, 0.2) is 83.2 Å². The van der Waals surface area contributed by atoms with Gasteiger partial charge in [-0.05, 0) is 42.5 Å². The molecule has 0 aliphatic heterocycles. The Morgan fingerprint density at radius 2 is 1.69 bits per heavy atom. The highest BCUT2D eigenvalue weighted by molar-refractivity contribution is 9.10. The zero-order valence-electron chi connectivity index (χ0n) is 14.1. The number of nitrogens with one attached hydrogen (secondary N) is 1. The van der Waals surface area contributed by atoms with Gasteiger partial charge in [0.25, 0.3) is 15.9 Å². The molecule has 136 valence electrons. The highest BCUT2D eigenvalue weighted by Crippen LogP contribution is 2.20. The maximum absolute atomic E-state index is 12.6. The van der Waals surface area contributed by atoms with Gasteiger partial charge < -0.3 is 4.90 Å². The Bertz CT molecular complexity index is 899. The van der Waals surface area contributed by atoms with Crippen molar-refractivity contribution in [2.75, 3.05) is 17.8 Å². The van der Waals surface area contributed by atoms with Gasteiger partial charge in [-0.25, -0.2) is 8.42 Å². The van der Waals surface area contributed by atoms with Crippen molar-refractivity contribution in [2.24, 2.45) is 0 Å². The second-order valence-electron chi connectivity index (χ2n) is 5.43. The monoisotopic (exact) mass is 434 g/mol. The average molecular weight is 435 g/mol. The number of amides is 1. The number of carbonyl (C=O) groups is 1. The Kier molecular flexibility index (Phi) is 6.76. The van der Waals surface area contributed by atoms with Crippen molar-refractivity contribution in [3.05, 3.63) is 83.9 Å². The third-order valence-electron chi connectivity index (χ3n) is 3.47. The van der Waals surface area contributed by atoms with Gasteiger partial charge in [-0.2, -0.15) is 0 Å². The Labute approximate surface area is 162 Å². The Hall–Kier alpha value is -2.38. The highest BCUT2D eigenvalue weighted by Gasteiger charge is 2.17. The lowest BCUT2D eigenvalue weighted by atomic mass is 10.1. The van der Waals surface area contributed by atoms with Crippen LogP contribution in [0.1, 0.15) is 10.4 Å². The summed E-state index contributed by atoms with van der Waals surface area (Å²) in [4.78, 5) is 14.3. The maximum Gasteiger partial charge on any atom is 0.261 e. The summed E-state index contributed by atoms with van der Waals surface area (Å²) in [6.45, 7) is 8.03. The molecule has 0 heterocycles. The molecule has 0 aromatic heterocycles. The fourth-order valence-electron chi connectivity index (χ4n) is 2.28. The SMILES string of the molecule is C=CCN(CC=C)C(=O)c1cccc(NS(=O)(=O)c2ccc(Br)cc2)c1. The number of halogens is 1. The summed E-state index contributed by atoms with van der Waals surface area (Å²) in [5.74, 6) is -0.227. The van der Waals surface area contributed by atoms with Gasteiger partial charge in [-0.15, -0.1) is 13.2 Å². The lowest BCUT2D eigenvalue weighted by Gasteiger charge is -2.19. The molecule has 0 aliphatic rings. The third-order valence-corrected chi connectivity index (χ3v) is 5.40. The standard InChI is InChI=1S/C19H19BrN2O3S/c1-3-12-22(13-4-2)19(23)15-6-5-7-17(14-15)21-26(24,25)18-10-8-16(20)9-11-18/h3-11,14,21H,1-2,12-13H2. The number of nitrogens with zero attached hydrogens (tertiary/aromatic N) is 1. The first-order chi connectivity index (χ1) is 12.4. The van der Waals surface area contributed by atoms with Crippen molar-refractivity contribution in [1.82, 2.24) is 4.90 Å². The lowest BCUT2D eigenvalue weighted by molar-refractivity contribution is 0.0791. The molecular formula is C19H19BrN2O3S. The molecule has 0 spiro atoms. The van der Waals surface area contributed by atoms with Crippen LogP contribution in [0.4, 0.5) is 5.69 Å². The van der Waals surface area contributed by atoms with Crippen molar-refractivity contribution in [3.8, 4) is 0 Å². The summed E-state index contributed by atoms with van der Waals surface area (Å²) in [6.07, 6.45) is 3.25. The van der Waals surface area contributed by atoms with Crippen LogP contribution in [0.5, 0.6) is 0 Å². The molecule has 7 heteroatoms. The molecule has 0 bridgehead atoms. The summed E-state index contributed by atoms with van der Waals surface area (Å²) < 4.78 is 28.3. The van der Waals surface area contributed by atoms with Crippen molar-refractivity contribution >= 4 is 37.5 Å². The number of hydrogen-bond acceptors (Lipinski definition) is 3. The van der Waals surface area contributed by atoms with E-state index in [2.05, 4.69) is 33.8 Å². The fourth-order valence-corrected chi connectivity index (χ4v) is 3.59. The van der Waals surface area contributed by atoms with Gasteiger partial charge in [0.1, 0.15) is 0 Å². The molecule has 2 rings (SSSR count). The smallest absolute Gasteiger partial charge is 0.261 e. The van der Waals surface area contributed by atoms with Gasteiger partial charge in [0.2, 0.25) is 0 Å². The molecule has 0 aliphatic carbocycles. The number of hydrogen-bond donors (Lipinski definition) is 1. The molecule has 0 saturated carbocycles. The number of benzene rings is 2. The van der Waals surface area contributed by atoms with E-state index in [0.717, 1.165) is 4.47 Å². The van der Waals surface area contributed by atoms with Crippen LogP contribution in [0.3, 0.4) is 0 Å². The summed E-state index contributed by atoms with van der Waals surface area (Å²) in [5, 5.41) is 0. The molecule has 1 amide bonds. The lowest BCUT2D eigenvalue weighted by Crippen LogP contribution is -2.31. The normalized spacial score (nSPS) is 10.8. The fraction of sp³-hybridized carbons (Fsp3) is 0.105. The number of rotatable bonds is 8. The minimum atomic E-state index is -3.74. The average Bonchev–Trinajstić information content (AvgIpc) is 2.61. The molecule has 2 aromatic rings. The summed E-state index contributed by atoms with van der Waals surface area (Å²) in [7, 11) is -3.74. The van der Waals surface area contributed by atoms with E-state index in [9.17, 15) is 13.2 Å². The van der Waals surface area contributed by atoms with Crippen LogP contribution >= 0.6 is 15.9 Å². The molecule has 26 heavy (non-hydrogen) atoms. The molecule has 0 saturated heterocycles. The first kappa shape index (κ1) is 19.9. The number of anilines is 1. The van der Waals surface area contributed by atoms with Crippen LogP contribution in [-0.4, -0.2) is 32.3 Å². The Morgan fingerprint density at radius 3 is 2.27 bits per heavy atom. The van der Waals surface area contributed by atoms with E-state index in [1.54, 1.807) is 47.4 Å². The molecule has 2 aromatic carbocycles. The van der Waals surface area contributed by atoms with E-state index in [4.69, 9.17) is 0 Å². The second-order valence-corrected chi connectivity index (χ2v) is 8.03. The predicted molar refractivity (Wildman–Crippen MR) is 108 cm³/mol. The van der Waals surface area contributed by atoms with Crippen LogP contribution in [0.25, 0.3) is 0 Å². The highest BCUT2D eigenvalue weighted by atomic mass is 79.9. The van der Waals surface area contributed by atoms with Crippen molar-refractivity contribution in [3.63, 3.8) is 0 Å². The first-order valence-electron chi connectivity index (χ1n) is 7.77. The Balaban J connectivity index is 2.25. The topological polar surface area (TPSA) is 66.5 Å². The zero-order valence-corrected chi connectivity index (χ0v) is 16.5. The van der Waals surface area contributed by atoms with Crippen molar-refractivity contribution < 1.29 is 13.2 Å². The summed E-state index contributed by atoms with van der Waals surface area (Å²) >= 11 is 3.27. The molecule has 0 radical (unpaired) electrons. The molecule has 0 atom stereocenters. The predicted octanol–water partition coefficient (Wildman–Crippen LogP) is 4.06. The summed E-state index contributed by atoms with van der Waals surface area (Å²) in [5.41, 5.74) is 0.695. The van der Waals surface area contributed by atoms with Crippen molar-refractivity contribution in [1.29, 1.82) is 0 Å². The third kappa shape index (κ3) is 5.06. The minimum absolute atomic E-state index is 0.136. The van der Waals surface area contributed by atoms with Crippen LogP contribution in [0, 0.1) is 0 Å². The maximum atomic E-state index is 12.6. The van der Waals surface area contributed by atoms with Crippen molar-refractivity contribution in [2.45, 2.75) is 4.90 Å². The van der Waals surface area contributed by atoms with Crippen LogP contribution in [0.2, 0.25) is 0 Å². The van der Waals surface area contributed by atoms with E-state index in [0.29, 0.717) is 24.3 Å². The van der Waals surface area contributed by atoms with Crippen LogP contribution < -0.4 is 4.72 Å². The molecule has 0 unspecified atom stereocenters. The molecule has 0 fully saturated rings. The number of sulfonamides is 1. The second kappa shape index (κ2) is 8.82. The van der Waals surface area contributed by atoms with Gasteiger partial charge in [-0.3, -0.25) is 9.52 Å². The van der Waals surface area contributed by atoms with Gasteiger partial charge in [-0.1, -0.05) is 34.1 Å². The number of carbonyl (C=O) groups excluding carboxylic acids is 1. The van der Waals surface area contributed by atoms with Crippen LogP contribution in [-0.2, 0) is 10.0 Å². The quantitative estimate of drug-likeness (QED) is 0.636.